The molecule has 0 fully saturated rings. The first-order chi connectivity index (χ1) is 12.3. The van der Waals surface area contributed by atoms with Crippen LogP contribution in [0.15, 0.2) is 34.9 Å². The van der Waals surface area contributed by atoms with Crippen LogP contribution in [0.25, 0.3) is 11.1 Å². The number of hydrogen-bond donors (Lipinski definition) is 2. The maximum atomic E-state index is 12.9. The van der Waals surface area contributed by atoms with E-state index in [2.05, 4.69) is 20.8 Å². The molecule has 0 unspecified atom stereocenters. The molecule has 3 aromatic rings. The monoisotopic (exact) mass is 352 g/mol. The maximum absolute atomic E-state index is 12.9. The molecule has 2 heterocycles. The molecule has 26 heavy (non-hydrogen) atoms. The standard InChI is InChI=1S/C19H20N4O3/c1-10(2)16-9-15(17-11(3)23-26-19(17)22-16)18(25)21-14-7-5-6-13(8-14)20-12(4)24/h5-10H,1-4H3,(H,20,24)(H,21,25). The van der Waals surface area contributed by atoms with Gasteiger partial charge in [0.15, 0.2) is 0 Å². The van der Waals surface area contributed by atoms with Crippen molar-refractivity contribution in [1.82, 2.24) is 10.1 Å². The summed E-state index contributed by atoms with van der Waals surface area (Å²) in [5.74, 6) is -0.323. The first-order valence-electron chi connectivity index (χ1n) is 8.31. The number of anilines is 2. The molecular weight excluding hydrogens is 332 g/mol. The fraction of sp³-hybridized carbons (Fsp3) is 0.263. The molecular formula is C19H20N4O3. The smallest absolute Gasteiger partial charge is 0.259 e. The zero-order valence-electron chi connectivity index (χ0n) is 15.1. The number of pyridine rings is 1. The lowest BCUT2D eigenvalue weighted by atomic mass is 10.0. The predicted octanol–water partition coefficient (Wildman–Crippen LogP) is 3.87. The molecule has 0 aliphatic rings. The SMILES string of the molecule is CC(=O)Nc1cccc(NC(=O)c2cc(C(C)C)nc3onc(C)c23)c1. The summed E-state index contributed by atoms with van der Waals surface area (Å²) in [5, 5.41) is 10.1. The van der Waals surface area contributed by atoms with Crippen molar-refractivity contribution in [2.75, 3.05) is 10.6 Å². The highest BCUT2D eigenvalue weighted by atomic mass is 16.5. The van der Waals surface area contributed by atoms with Crippen molar-refractivity contribution < 1.29 is 14.1 Å². The van der Waals surface area contributed by atoms with Crippen molar-refractivity contribution in [3.05, 3.63) is 47.3 Å². The number of hydrogen-bond acceptors (Lipinski definition) is 5. The lowest BCUT2D eigenvalue weighted by Gasteiger charge is -2.10. The first kappa shape index (κ1) is 17.6. The molecule has 0 saturated heterocycles. The van der Waals surface area contributed by atoms with Crippen molar-refractivity contribution in [2.45, 2.75) is 33.6 Å². The van der Waals surface area contributed by atoms with Gasteiger partial charge in [0.1, 0.15) is 0 Å². The molecule has 7 nitrogen and oxygen atoms in total. The van der Waals surface area contributed by atoms with Gasteiger partial charge in [0.05, 0.1) is 16.6 Å². The number of nitrogens with one attached hydrogen (secondary N) is 2. The number of fused-ring (bicyclic) bond motifs is 1. The first-order valence-corrected chi connectivity index (χ1v) is 8.31. The fourth-order valence-corrected chi connectivity index (χ4v) is 2.66. The molecule has 2 amide bonds. The van der Waals surface area contributed by atoms with Gasteiger partial charge in [-0.3, -0.25) is 9.59 Å². The normalized spacial score (nSPS) is 11.0. The second kappa shape index (κ2) is 6.95. The third-order valence-electron chi connectivity index (χ3n) is 3.91. The maximum Gasteiger partial charge on any atom is 0.259 e. The highest BCUT2D eigenvalue weighted by molar-refractivity contribution is 6.12. The van der Waals surface area contributed by atoms with Crippen molar-refractivity contribution in [2.24, 2.45) is 0 Å². The molecule has 2 aromatic heterocycles. The third-order valence-corrected chi connectivity index (χ3v) is 3.91. The van der Waals surface area contributed by atoms with Crippen LogP contribution in [0.2, 0.25) is 0 Å². The molecule has 0 aliphatic carbocycles. The Labute approximate surface area is 150 Å². The Hall–Kier alpha value is -3.22. The number of carbonyl (C=O) groups excluding carboxylic acids is 2. The summed E-state index contributed by atoms with van der Waals surface area (Å²) in [7, 11) is 0. The summed E-state index contributed by atoms with van der Waals surface area (Å²) in [6.07, 6.45) is 0. The van der Waals surface area contributed by atoms with E-state index in [4.69, 9.17) is 4.52 Å². The summed E-state index contributed by atoms with van der Waals surface area (Å²) >= 11 is 0. The molecule has 1 aromatic carbocycles. The van der Waals surface area contributed by atoms with E-state index < -0.39 is 0 Å². The van der Waals surface area contributed by atoms with Crippen molar-refractivity contribution in [3.63, 3.8) is 0 Å². The van der Waals surface area contributed by atoms with Gasteiger partial charge in [-0.1, -0.05) is 25.1 Å². The molecule has 0 atom stereocenters. The van der Waals surface area contributed by atoms with Gasteiger partial charge in [-0.15, -0.1) is 0 Å². The van der Waals surface area contributed by atoms with Gasteiger partial charge < -0.3 is 15.2 Å². The largest absolute Gasteiger partial charge is 0.336 e. The quantitative estimate of drug-likeness (QED) is 0.743. The molecule has 0 saturated carbocycles. The number of aromatic nitrogens is 2. The van der Waals surface area contributed by atoms with Crippen LogP contribution in [-0.2, 0) is 4.79 Å². The van der Waals surface area contributed by atoms with E-state index >= 15 is 0 Å². The molecule has 0 spiro atoms. The van der Waals surface area contributed by atoms with Crippen molar-refractivity contribution >= 4 is 34.3 Å². The van der Waals surface area contributed by atoms with Gasteiger partial charge in [-0.2, -0.15) is 0 Å². The second-order valence-electron chi connectivity index (χ2n) is 6.41. The molecule has 0 aliphatic heterocycles. The van der Waals surface area contributed by atoms with Crippen LogP contribution in [0.4, 0.5) is 11.4 Å². The van der Waals surface area contributed by atoms with E-state index in [0.717, 1.165) is 5.69 Å². The average Bonchev–Trinajstić information content (AvgIpc) is 2.95. The average molecular weight is 352 g/mol. The van der Waals surface area contributed by atoms with Gasteiger partial charge in [0, 0.05) is 24.0 Å². The number of aryl methyl sites for hydroxylation is 1. The molecule has 0 bridgehead atoms. The number of benzene rings is 1. The molecule has 2 N–H and O–H groups in total. The van der Waals surface area contributed by atoms with E-state index in [1.807, 2.05) is 13.8 Å². The highest BCUT2D eigenvalue weighted by Gasteiger charge is 2.20. The fourth-order valence-electron chi connectivity index (χ4n) is 2.66. The van der Waals surface area contributed by atoms with E-state index in [1.54, 1.807) is 37.3 Å². The van der Waals surface area contributed by atoms with Crippen LogP contribution in [-0.4, -0.2) is 22.0 Å². The number of nitrogens with zero attached hydrogens (tertiary/aromatic N) is 2. The van der Waals surface area contributed by atoms with Gasteiger partial charge in [-0.05, 0) is 37.1 Å². The van der Waals surface area contributed by atoms with Gasteiger partial charge in [0.25, 0.3) is 11.6 Å². The van der Waals surface area contributed by atoms with Crippen LogP contribution in [0.1, 0.15) is 48.4 Å². The van der Waals surface area contributed by atoms with Crippen LogP contribution in [0.5, 0.6) is 0 Å². The second-order valence-corrected chi connectivity index (χ2v) is 6.41. The molecule has 0 radical (unpaired) electrons. The third kappa shape index (κ3) is 3.56. The topological polar surface area (TPSA) is 97.1 Å². The predicted molar refractivity (Wildman–Crippen MR) is 99.3 cm³/mol. The van der Waals surface area contributed by atoms with Crippen LogP contribution in [0.3, 0.4) is 0 Å². The lowest BCUT2D eigenvalue weighted by Crippen LogP contribution is -2.14. The molecule has 3 rings (SSSR count). The summed E-state index contributed by atoms with van der Waals surface area (Å²) in [6, 6.07) is 8.73. The zero-order valence-corrected chi connectivity index (χ0v) is 15.1. The Bertz CT molecular complexity index is 992. The number of rotatable bonds is 4. The minimum atomic E-state index is -0.287. The Morgan fingerprint density at radius 1 is 1.12 bits per heavy atom. The lowest BCUT2D eigenvalue weighted by molar-refractivity contribution is -0.114. The summed E-state index contributed by atoms with van der Waals surface area (Å²) < 4.78 is 5.25. The Balaban J connectivity index is 1.97. The van der Waals surface area contributed by atoms with Crippen LogP contribution < -0.4 is 10.6 Å². The van der Waals surface area contributed by atoms with E-state index in [0.29, 0.717) is 33.7 Å². The van der Waals surface area contributed by atoms with Crippen LogP contribution >= 0.6 is 0 Å². The molecule has 134 valence electrons. The number of carbonyl (C=O) groups is 2. The zero-order chi connectivity index (χ0) is 18.8. The minimum absolute atomic E-state index is 0.138. The Morgan fingerprint density at radius 2 is 1.81 bits per heavy atom. The summed E-state index contributed by atoms with van der Waals surface area (Å²) in [5.41, 5.74) is 3.37. The number of amides is 2. The Kier molecular flexibility index (Phi) is 4.71. The van der Waals surface area contributed by atoms with Gasteiger partial charge >= 0.3 is 0 Å². The molecule has 7 heteroatoms. The Morgan fingerprint density at radius 3 is 2.46 bits per heavy atom. The van der Waals surface area contributed by atoms with Crippen molar-refractivity contribution in [3.8, 4) is 0 Å². The van der Waals surface area contributed by atoms with Gasteiger partial charge in [0.2, 0.25) is 5.91 Å². The summed E-state index contributed by atoms with van der Waals surface area (Å²) in [4.78, 5) is 28.5. The highest BCUT2D eigenvalue weighted by Crippen LogP contribution is 2.26. The minimum Gasteiger partial charge on any atom is -0.336 e. The van der Waals surface area contributed by atoms with E-state index in [9.17, 15) is 9.59 Å². The van der Waals surface area contributed by atoms with E-state index in [-0.39, 0.29) is 17.7 Å². The van der Waals surface area contributed by atoms with Crippen LogP contribution in [0, 0.1) is 6.92 Å². The summed E-state index contributed by atoms with van der Waals surface area (Å²) in [6.45, 7) is 7.20. The van der Waals surface area contributed by atoms with Crippen molar-refractivity contribution in [1.29, 1.82) is 0 Å². The van der Waals surface area contributed by atoms with E-state index in [1.165, 1.54) is 6.92 Å². The van der Waals surface area contributed by atoms with Gasteiger partial charge in [-0.25, -0.2) is 4.98 Å².